The molecule has 3 aromatic rings. The van der Waals surface area contributed by atoms with Crippen molar-refractivity contribution < 1.29 is 13.2 Å². The van der Waals surface area contributed by atoms with Crippen LogP contribution in [-0.2, 0) is 14.8 Å². The van der Waals surface area contributed by atoms with E-state index in [1.54, 1.807) is 35.6 Å². The van der Waals surface area contributed by atoms with Gasteiger partial charge in [-0.05, 0) is 44.5 Å². The van der Waals surface area contributed by atoms with E-state index in [9.17, 15) is 13.2 Å². The minimum absolute atomic E-state index is 0.0526. The number of fused-ring (bicyclic) bond motifs is 1. The Labute approximate surface area is 196 Å². The van der Waals surface area contributed by atoms with E-state index in [4.69, 9.17) is 0 Å². The molecular weight excluding hydrogens is 466 g/mol. The topological polar surface area (TPSA) is 155 Å². The number of hydrogen-bond acceptors (Lipinski definition) is 10. The van der Waals surface area contributed by atoms with E-state index in [1.165, 1.54) is 11.8 Å². The number of carbonyl (C=O) groups excluding carboxylic acids is 1. The van der Waals surface area contributed by atoms with E-state index in [-0.39, 0.29) is 17.4 Å². The van der Waals surface area contributed by atoms with Crippen molar-refractivity contribution in [3.8, 4) is 0 Å². The summed E-state index contributed by atoms with van der Waals surface area (Å²) in [7, 11) is -3.36. The average molecular weight is 494 g/mol. The predicted octanol–water partition coefficient (Wildman–Crippen LogP) is 2.27. The second-order valence-electron chi connectivity index (χ2n) is 6.88. The highest BCUT2D eigenvalue weighted by Gasteiger charge is 2.16. The highest BCUT2D eigenvalue weighted by atomic mass is 32.2. The van der Waals surface area contributed by atoms with Crippen LogP contribution >= 0.6 is 11.8 Å². The van der Waals surface area contributed by atoms with Crippen LogP contribution in [0.1, 0.15) is 27.2 Å². The van der Waals surface area contributed by atoms with Crippen molar-refractivity contribution in [2.45, 2.75) is 32.3 Å². The fourth-order valence-electron chi connectivity index (χ4n) is 2.85. The fourth-order valence-corrected chi connectivity index (χ4v) is 4.71. The molecule has 0 saturated heterocycles. The Bertz CT molecular complexity index is 1200. The van der Waals surface area contributed by atoms with Crippen LogP contribution in [0.5, 0.6) is 0 Å². The first-order valence-corrected chi connectivity index (χ1v) is 13.1. The van der Waals surface area contributed by atoms with Crippen LogP contribution in [0.2, 0.25) is 0 Å². The molecule has 178 valence electrons. The predicted molar refractivity (Wildman–Crippen MR) is 130 cm³/mol. The minimum Gasteiger partial charge on any atom is -0.355 e. The smallest absolute Gasteiger partial charge is 0.261 e. The first-order chi connectivity index (χ1) is 15.8. The molecule has 0 saturated carbocycles. The highest BCUT2D eigenvalue weighted by Crippen LogP contribution is 2.22. The third-order valence-electron chi connectivity index (χ3n) is 4.16. The van der Waals surface area contributed by atoms with E-state index in [0.717, 1.165) is 0 Å². The Morgan fingerprint density at radius 1 is 1.00 bits per heavy atom. The molecule has 1 amide bonds. The third kappa shape index (κ3) is 6.68. The van der Waals surface area contributed by atoms with Crippen molar-refractivity contribution in [2.75, 3.05) is 45.3 Å². The van der Waals surface area contributed by atoms with Gasteiger partial charge in [0.2, 0.25) is 27.8 Å². The summed E-state index contributed by atoms with van der Waals surface area (Å²) in [6.07, 6.45) is 0.529. The van der Waals surface area contributed by atoms with Crippen LogP contribution in [0, 0.1) is 0 Å². The zero-order valence-corrected chi connectivity index (χ0v) is 20.3. The second kappa shape index (κ2) is 11.1. The summed E-state index contributed by atoms with van der Waals surface area (Å²) in [6.45, 7) is 7.01. The van der Waals surface area contributed by atoms with Gasteiger partial charge >= 0.3 is 0 Å². The Hall–Kier alpha value is -3.13. The van der Waals surface area contributed by atoms with E-state index >= 15 is 0 Å². The van der Waals surface area contributed by atoms with Gasteiger partial charge in [0.1, 0.15) is 0 Å². The number of nitrogens with zero attached hydrogens (tertiary/aromatic N) is 5. The molecule has 0 bridgehead atoms. The first kappa shape index (κ1) is 24.5. The number of sulfonamides is 1. The van der Waals surface area contributed by atoms with Gasteiger partial charge in [0.25, 0.3) is 5.78 Å². The number of nitrogens with one attached hydrogen (secondary N) is 4. The normalized spacial score (nSPS) is 11.4. The quantitative estimate of drug-likeness (QED) is 0.276. The number of hydrogen-bond donors (Lipinski definition) is 4. The molecule has 0 aliphatic rings. The zero-order chi connectivity index (χ0) is 23.8. The van der Waals surface area contributed by atoms with Crippen molar-refractivity contribution in [1.29, 1.82) is 0 Å². The minimum atomic E-state index is -3.36. The lowest BCUT2D eigenvalue weighted by molar-refractivity contribution is -0.113. The number of aromatic nitrogens is 5. The molecule has 0 fully saturated rings. The monoisotopic (exact) mass is 493 g/mol. The number of amides is 1. The Kier molecular flexibility index (Phi) is 8.27. The Morgan fingerprint density at radius 3 is 2.36 bits per heavy atom. The van der Waals surface area contributed by atoms with E-state index in [0.29, 0.717) is 53.7 Å². The summed E-state index contributed by atoms with van der Waals surface area (Å²) in [6, 6.07) is 6.48. The van der Waals surface area contributed by atoms with Crippen molar-refractivity contribution in [3.05, 3.63) is 24.3 Å². The largest absolute Gasteiger partial charge is 0.355 e. The van der Waals surface area contributed by atoms with Crippen molar-refractivity contribution in [2.24, 2.45) is 0 Å². The van der Waals surface area contributed by atoms with Crippen molar-refractivity contribution >= 4 is 56.7 Å². The molecule has 0 aliphatic carbocycles. The molecule has 0 radical (unpaired) electrons. The molecule has 1 aromatic carbocycles. The Morgan fingerprint density at radius 2 is 1.70 bits per heavy atom. The molecule has 12 nitrogen and oxygen atoms in total. The summed E-state index contributed by atoms with van der Waals surface area (Å²) in [5.41, 5.74) is 0.996. The van der Waals surface area contributed by atoms with Crippen LogP contribution < -0.4 is 20.7 Å². The molecule has 33 heavy (non-hydrogen) atoms. The highest BCUT2D eigenvalue weighted by molar-refractivity contribution is 7.99. The number of anilines is 4. The van der Waals surface area contributed by atoms with Crippen LogP contribution in [0.4, 0.5) is 23.3 Å². The molecule has 0 unspecified atom stereocenters. The molecule has 0 spiro atoms. The van der Waals surface area contributed by atoms with Gasteiger partial charge in [0.15, 0.2) is 5.16 Å². The van der Waals surface area contributed by atoms with Gasteiger partial charge in [-0.25, -0.2) is 12.8 Å². The molecular formula is C19H27N9O3S2. The molecule has 3 rings (SSSR count). The maximum Gasteiger partial charge on any atom is 0.261 e. The maximum absolute atomic E-state index is 12.4. The van der Waals surface area contributed by atoms with E-state index in [1.807, 2.05) is 13.8 Å². The van der Waals surface area contributed by atoms with Crippen LogP contribution in [0.25, 0.3) is 5.78 Å². The van der Waals surface area contributed by atoms with Gasteiger partial charge in [0, 0.05) is 24.5 Å². The van der Waals surface area contributed by atoms with Gasteiger partial charge in [-0.2, -0.15) is 9.97 Å². The molecule has 14 heteroatoms. The standard InChI is InChI=1S/C19H27N9O3S2/c1-4-11-33(30,31)27-14-9-7-13(8-10-14)22-15(29)12-32-19-26-25-18-24-16(20-5-2)23-17(21-6-3)28(18)19/h7-10,27H,4-6,11-12H2,1-3H3,(H,22,29)(H2,20,21,23,24,25). The molecule has 0 atom stereocenters. The van der Waals surface area contributed by atoms with Gasteiger partial charge in [-0.3, -0.25) is 9.52 Å². The molecule has 4 N–H and O–H groups in total. The molecule has 2 heterocycles. The van der Waals surface area contributed by atoms with Crippen LogP contribution in [0.15, 0.2) is 29.4 Å². The first-order valence-electron chi connectivity index (χ1n) is 10.5. The number of carbonyl (C=O) groups is 1. The van der Waals surface area contributed by atoms with Gasteiger partial charge in [-0.15, -0.1) is 10.2 Å². The summed E-state index contributed by atoms with van der Waals surface area (Å²) in [5.74, 6) is 1.26. The van der Waals surface area contributed by atoms with Gasteiger partial charge in [0.05, 0.1) is 11.5 Å². The lowest BCUT2D eigenvalue weighted by Gasteiger charge is -2.10. The molecule has 2 aromatic heterocycles. The summed E-state index contributed by atoms with van der Waals surface area (Å²) in [5, 5.41) is 17.7. The third-order valence-corrected chi connectivity index (χ3v) is 6.58. The van der Waals surface area contributed by atoms with Gasteiger partial charge < -0.3 is 16.0 Å². The lowest BCUT2D eigenvalue weighted by Crippen LogP contribution is -2.16. The van der Waals surface area contributed by atoms with Crippen molar-refractivity contribution in [3.63, 3.8) is 0 Å². The van der Waals surface area contributed by atoms with Crippen LogP contribution in [0.3, 0.4) is 0 Å². The van der Waals surface area contributed by atoms with Crippen LogP contribution in [-0.4, -0.2) is 63.5 Å². The number of benzene rings is 1. The van der Waals surface area contributed by atoms with Gasteiger partial charge in [-0.1, -0.05) is 18.7 Å². The molecule has 0 aliphatic heterocycles. The lowest BCUT2D eigenvalue weighted by atomic mass is 10.3. The average Bonchev–Trinajstić information content (AvgIpc) is 3.17. The maximum atomic E-state index is 12.4. The Balaban J connectivity index is 1.64. The number of rotatable bonds is 12. The zero-order valence-electron chi connectivity index (χ0n) is 18.6. The number of thioether (sulfide) groups is 1. The summed E-state index contributed by atoms with van der Waals surface area (Å²) in [4.78, 5) is 21.2. The SMILES string of the molecule is CCCS(=O)(=O)Nc1ccc(NC(=O)CSc2nnc3nc(NCC)nc(NCC)n23)cc1. The summed E-state index contributed by atoms with van der Waals surface area (Å²) >= 11 is 1.20. The summed E-state index contributed by atoms with van der Waals surface area (Å²) < 4.78 is 27.9. The van der Waals surface area contributed by atoms with E-state index in [2.05, 4.69) is 40.8 Å². The van der Waals surface area contributed by atoms with Crippen molar-refractivity contribution in [1.82, 2.24) is 24.6 Å². The fraction of sp³-hybridized carbons (Fsp3) is 0.421. The van der Waals surface area contributed by atoms with E-state index < -0.39 is 10.0 Å². The second-order valence-corrected chi connectivity index (χ2v) is 9.67.